The molecule has 106 valence electrons. The monoisotopic (exact) mass is 276 g/mol. The topological polar surface area (TPSA) is 24.1 Å². The Hall–Kier alpha value is -1.30. The first-order chi connectivity index (χ1) is 8.97. The normalized spacial score (nSPS) is 20.9. The molecule has 1 saturated heterocycles. The van der Waals surface area contributed by atoms with E-state index in [0.29, 0.717) is 6.07 Å². The second kappa shape index (κ2) is 5.77. The minimum absolute atomic E-state index is 0.0984. The van der Waals surface area contributed by atoms with Crippen LogP contribution in [0.4, 0.5) is 23.2 Å². The number of anilines is 1. The van der Waals surface area contributed by atoms with E-state index in [1.54, 1.807) is 0 Å². The zero-order chi connectivity index (χ0) is 13.9. The zero-order valence-electron chi connectivity index (χ0n) is 10.4. The van der Waals surface area contributed by atoms with Crippen molar-refractivity contribution >= 4 is 5.69 Å². The van der Waals surface area contributed by atoms with Crippen molar-refractivity contribution < 1.29 is 17.6 Å². The fourth-order valence-corrected chi connectivity index (χ4v) is 2.19. The van der Waals surface area contributed by atoms with Gasteiger partial charge in [0.05, 0.1) is 11.3 Å². The Bertz CT molecular complexity index is 423. The van der Waals surface area contributed by atoms with Gasteiger partial charge in [0.15, 0.2) is 0 Å². The fraction of sp³-hybridized carbons (Fsp3) is 0.538. The molecule has 19 heavy (non-hydrogen) atoms. The van der Waals surface area contributed by atoms with Gasteiger partial charge in [0.1, 0.15) is 5.82 Å². The number of nitrogens with one attached hydrogen (secondary N) is 2. The molecule has 0 aliphatic carbocycles. The summed E-state index contributed by atoms with van der Waals surface area (Å²) < 4.78 is 50.9. The number of halogens is 4. The Balaban J connectivity index is 2.08. The predicted octanol–water partition coefficient (Wildman–Crippen LogP) is 3.40. The van der Waals surface area contributed by atoms with E-state index in [-0.39, 0.29) is 11.7 Å². The van der Waals surface area contributed by atoms with Crippen LogP contribution in [0, 0.1) is 5.82 Å². The third-order valence-electron chi connectivity index (χ3n) is 3.23. The van der Waals surface area contributed by atoms with Crippen LogP contribution in [0.5, 0.6) is 0 Å². The Morgan fingerprint density at radius 1 is 1.16 bits per heavy atom. The van der Waals surface area contributed by atoms with Crippen LogP contribution >= 0.6 is 0 Å². The summed E-state index contributed by atoms with van der Waals surface area (Å²) >= 11 is 0. The molecule has 1 atom stereocenters. The van der Waals surface area contributed by atoms with Crippen LogP contribution in [0.25, 0.3) is 0 Å². The van der Waals surface area contributed by atoms with Gasteiger partial charge in [-0.1, -0.05) is 0 Å². The molecule has 1 aliphatic rings. The van der Waals surface area contributed by atoms with Gasteiger partial charge in [-0.2, -0.15) is 13.2 Å². The van der Waals surface area contributed by atoms with Gasteiger partial charge < -0.3 is 10.6 Å². The Morgan fingerprint density at radius 3 is 2.63 bits per heavy atom. The molecular formula is C13H16F4N2. The molecule has 1 aromatic carbocycles. The van der Waals surface area contributed by atoms with E-state index in [2.05, 4.69) is 10.6 Å². The number of rotatable bonds is 2. The third-order valence-corrected chi connectivity index (χ3v) is 3.23. The molecule has 6 heteroatoms. The summed E-state index contributed by atoms with van der Waals surface area (Å²) in [5.74, 6) is -0.855. The zero-order valence-corrected chi connectivity index (χ0v) is 10.4. The van der Waals surface area contributed by atoms with Gasteiger partial charge in [-0.15, -0.1) is 0 Å². The second-order valence-corrected chi connectivity index (χ2v) is 4.71. The van der Waals surface area contributed by atoms with Crippen molar-refractivity contribution in [2.24, 2.45) is 0 Å². The summed E-state index contributed by atoms with van der Waals surface area (Å²) in [6.45, 7) is 1.76. The molecule has 0 saturated carbocycles. The molecule has 1 aromatic rings. The maximum atomic E-state index is 13.7. The molecule has 2 nitrogen and oxygen atoms in total. The minimum Gasteiger partial charge on any atom is -0.380 e. The highest BCUT2D eigenvalue weighted by atomic mass is 19.4. The fourth-order valence-electron chi connectivity index (χ4n) is 2.19. The first-order valence-corrected chi connectivity index (χ1v) is 6.31. The quantitative estimate of drug-likeness (QED) is 0.809. The van der Waals surface area contributed by atoms with Crippen LogP contribution in [0.1, 0.15) is 24.8 Å². The average molecular weight is 276 g/mol. The average Bonchev–Trinajstić information content (AvgIpc) is 2.59. The summed E-state index contributed by atoms with van der Waals surface area (Å²) in [7, 11) is 0. The summed E-state index contributed by atoms with van der Waals surface area (Å²) in [4.78, 5) is 0. The lowest BCUT2D eigenvalue weighted by molar-refractivity contribution is -0.137. The maximum Gasteiger partial charge on any atom is 0.416 e. The first-order valence-electron chi connectivity index (χ1n) is 6.31. The lowest BCUT2D eigenvalue weighted by atomic mass is 10.1. The van der Waals surface area contributed by atoms with Gasteiger partial charge >= 0.3 is 6.18 Å². The molecule has 1 unspecified atom stereocenters. The highest BCUT2D eigenvalue weighted by molar-refractivity contribution is 5.47. The van der Waals surface area contributed by atoms with Crippen molar-refractivity contribution in [3.05, 3.63) is 29.6 Å². The van der Waals surface area contributed by atoms with Gasteiger partial charge in [-0.25, -0.2) is 4.39 Å². The number of benzene rings is 1. The van der Waals surface area contributed by atoms with Crippen LogP contribution in [-0.4, -0.2) is 19.1 Å². The molecule has 0 aromatic heterocycles. The Labute approximate surface area is 109 Å². The molecule has 1 heterocycles. The minimum atomic E-state index is -4.51. The van der Waals surface area contributed by atoms with Crippen LogP contribution < -0.4 is 10.6 Å². The number of hydrogen-bond acceptors (Lipinski definition) is 2. The molecule has 0 spiro atoms. The second-order valence-electron chi connectivity index (χ2n) is 4.71. The maximum absolute atomic E-state index is 13.7. The lowest BCUT2D eigenvalue weighted by Gasteiger charge is -2.18. The summed E-state index contributed by atoms with van der Waals surface area (Å²) in [6.07, 6.45) is -1.82. The number of alkyl halides is 3. The van der Waals surface area contributed by atoms with E-state index in [9.17, 15) is 17.6 Å². The van der Waals surface area contributed by atoms with E-state index in [0.717, 1.165) is 44.5 Å². The van der Waals surface area contributed by atoms with E-state index in [1.165, 1.54) is 0 Å². The van der Waals surface area contributed by atoms with Gasteiger partial charge in [-0.3, -0.25) is 0 Å². The van der Waals surface area contributed by atoms with Gasteiger partial charge in [0.2, 0.25) is 0 Å². The highest BCUT2D eigenvalue weighted by Crippen LogP contribution is 2.31. The van der Waals surface area contributed by atoms with E-state index < -0.39 is 17.6 Å². The Morgan fingerprint density at radius 2 is 1.95 bits per heavy atom. The van der Waals surface area contributed by atoms with Crippen molar-refractivity contribution in [1.82, 2.24) is 5.32 Å². The molecular weight excluding hydrogens is 260 g/mol. The molecule has 1 aliphatic heterocycles. The molecule has 0 bridgehead atoms. The summed E-state index contributed by atoms with van der Waals surface area (Å²) in [5.41, 5.74) is -0.821. The highest BCUT2D eigenvalue weighted by Gasteiger charge is 2.31. The van der Waals surface area contributed by atoms with Crippen LogP contribution in [-0.2, 0) is 6.18 Å². The Kier molecular flexibility index (Phi) is 4.29. The van der Waals surface area contributed by atoms with Gasteiger partial charge in [0, 0.05) is 6.04 Å². The van der Waals surface area contributed by atoms with Crippen molar-refractivity contribution in [2.75, 3.05) is 18.4 Å². The SMILES string of the molecule is Fc1cc(C(F)(F)F)ccc1NC1CCCNCC1. The van der Waals surface area contributed by atoms with Crippen LogP contribution in [0.15, 0.2) is 18.2 Å². The molecule has 0 amide bonds. The smallest absolute Gasteiger partial charge is 0.380 e. The van der Waals surface area contributed by atoms with Gasteiger partial charge in [-0.05, 0) is 50.6 Å². The van der Waals surface area contributed by atoms with E-state index >= 15 is 0 Å². The third kappa shape index (κ3) is 3.83. The largest absolute Gasteiger partial charge is 0.416 e. The summed E-state index contributed by atoms with van der Waals surface area (Å²) in [6, 6.07) is 2.70. The van der Waals surface area contributed by atoms with Gasteiger partial charge in [0.25, 0.3) is 0 Å². The van der Waals surface area contributed by atoms with Crippen molar-refractivity contribution in [3.8, 4) is 0 Å². The van der Waals surface area contributed by atoms with Crippen LogP contribution in [0.3, 0.4) is 0 Å². The lowest BCUT2D eigenvalue weighted by Crippen LogP contribution is -2.22. The molecule has 0 radical (unpaired) electrons. The molecule has 2 rings (SSSR count). The molecule has 2 N–H and O–H groups in total. The summed E-state index contributed by atoms with van der Waals surface area (Å²) in [5, 5.41) is 6.21. The number of hydrogen-bond donors (Lipinski definition) is 2. The van der Waals surface area contributed by atoms with Crippen molar-refractivity contribution in [1.29, 1.82) is 0 Å². The van der Waals surface area contributed by atoms with Crippen molar-refractivity contribution in [3.63, 3.8) is 0 Å². The van der Waals surface area contributed by atoms with Crippen molar-refractivity contribution in [2.45, 2.75) is 31.5 Å². The van der Waals surface area contributed by atoms with E-state index in [4.69, 9.17) is 0 Å². The van der Waals surface area contributed by atoms with E-state index in [1.807, 2.05) is 0 Å². The van der Waals surface area contributed by atoms with Crippen LogP contribution in [0.2, 0.25) is 0 Å². The standard InChI is InChI=1S/C13H16F4N2/c14-11-8-9(13(15,16)17)3-4-12(11)19-10-2-1-6-18-7-5-10/h3-4,8,10,18-19H,1-2,5-7H2. The first kappa shape index (κ1) is 14.1. The predicted molar refractivity (Wildman–Crippen MR) is 65.5 cm³/mol. The molecule has 1 fully saturated rings.